The molecule has 1 atom stereocenters. The number of nitrogens with zero attached hydrogens (tertiary/aromatic N) is 1. The molecule has 1 heterocycles. The predicted molar refractivity (Wildman–Crippen MR) is 84.0 cm³/mol. The molecule has 0 bridgehead atoms. The Bertz CT molecular complexity index is 499. The maximum absolute atomic E-state index is 12.1. The van der Waals surface area contributed by atoms with Crippen molar-refractivity contribution >= 4 is 17.3 Å². The Hall–Kier alpha value is -1.71. The number of nitrogen functional groups attached to an aromatic ring is 1. The van der Waals surface area contributed by atoms with E-state index in [0.29, 0.717) is 6.54 Å². The van der Waals surface area contributed by atoms with E-state index in [1.54, 1.807) is 0 Å². The van der Waals surface area contributed by atoms with E-state index in [9.17, 15) is 4.79 Å². The van der Waals surface area contributed by atoms with Crippen LogP contribution in [0.4, 0.5) is 11.4 Å². The van der Waals surface area contributed by atoms with E-state index in [1.807, 2.05) is 13.0 Å². The molecule has 1 unspecified atom stereocenters. The molecule has 1 aliphatic rings. The lowest BCUT2D eigenvalue weighted by atomic mass is 10.1. The molecule has 0 saturated heterocycles. The molecular formula is C16H25N3O. The molecule has 1 amide bonds. The summed E-state index contributed by atoms with van der Waals surface area (Å²) in [6, 6.07) is 4.39. The fourth-order valence-electron chi connectivity index (χ4n) is 2.81. The Kier molecular flexibility index (Phi) is 4.53. The second kappa shape index (κ2) is 6.16. The van der Waals surface area contributed by atoms with Gasteiger partial charge < -0.3 is 16.0 Å². The van der Waals surface area contributed by atoms with Gasteiger partial charge in [0.05, 0.1) is 6.54 Å². The molecule has 4 nitrogen and oxygen atoms in total. The Morgan fingerprint density at radius 2 is 2.25 bits per heavy atom. The van der Waals surface area contributed by atoms with Gasteiger partial charge in [-0.2, -0.15) is 0 Å². The van der Waals surface area contributed by atoms with Crippen molar-refractivity contribution in [3.63, 3.8) is 0 Å². The van der Waals surface area contributed by atoms with E-state index in [0.717, 1.165) is 42.7 Å². The van der Waals surface area contributed by atoms with Crippen molar-refractivity contribution in [2.75, 3.05) is 23.7 Å². The summed E-state index contributed by atoms with van der Waals surface area (Å²) in [5.41, 5.74) is 10.3. The first kappa shape index (κ1) is 14.7. The standard InChI is InChI=1S/C16H25N3O/c1-4-5-12(3)18-16(20)10-19-7-6-13-8-11(2)14(17)9-15(13)19/h8-9,12H,4-7,10,17H2,1-3H3,(H,18,20). The van der Waals surface area contributed by atoms with Gasteiger partial charge in [0.1, 0.15) is 0 Å². The fraction of sp³-hybridized carbons (Fsp3) is 0.562. The summed E-state index contributed by atoms with van der Waals surface area (Å²) in [7, 11) is 0. The molecule has 110 valence electrons. The Balaban J connectivity index is 2.00. The molecule has 0 aliphatic carbocycles. The van der Waals surface area contributed by atoms with E-state index in [-0.39, 0.29) is 11.9 Å². The molecule has 1 aromatic rings. The molecule has 1 aliphatic heterocycles. The Morgan fingerprint density at radius 1 is 1.50 bits per heavy atom. The summed E-state index contributed by atoms with van der Waals surface area (Å²) in [6.45, 7) is 7.53. The van der Waals surface area contributed by atoms with E-state index in [2.05, 4.69) is 30.1 Å². The number of fused-ring (bicyclic) bond motifs is 1. The van der Waals surface area contributed by atoms with Gasteiger partial charge in [-0.3, -0.25) is 4.79 Å². The number of rotatable bonds is 5. The minimum Gasteiger partial charge on any atom is -0.398 e. The molecule has 0 fully saturated rings. The van der Waals surface area contributed by atoms with Crippen molar-refractivity contribution in [2.24, 2.45) is 0 Å². The lowest BCUT2D eigenvalue weighted by Crippen LogP contribution is -2.40. The van der Waals surface area contributed by atoms with Crippen LogP contribution in [0.3, 0.4) is 0 Å². The van der Waals surface area contributed by atoms with Crippen LogP contribution in [0.25, 0.3) is 0 Å². The summed E-state index contributed by atoms with van der Waals surface area (Å²) in [5, 5.41) is 3.05. The van der Waals surface area contributed by atoms with Crippen LogP contribution < -0.4 is 16.0 Å². The molecule has 3 N–H and O–H groups in total. The summed E-state index contributed by atoms with van der Waals surface area (Å²) < 4.78 is 0. The Labute approximate surface area is 121 Å². The molecule has 4 heteroatoms. The zero-order chi connectivity index (χ0) is 14.7. The number of aryl methyl sites for hydroxylation is 1. The largest absolute Gasteiger partial charge is 0.398 e. The molecule has 0 saturated carbocycles. The number of nitrogens with two attached hydrogens (primary N) is 1. The van der Waals surface area contributed by atoms with Gasteiger partial charge in [0, 0.05) is 24.0 Å². The minimum atomic E-state index is 0.0953. The third kappa shape index (κ3) is 3.24. The van der Waals surface area contributed by atoms with Crippen LogP contribution in [0, 0.1) is 6.92 Å². The number of hydrogen-bond donors (Lipinski definition) is 2. The summed E-state index contributed by atoms with van der Waals surface area (Å²) in [6.07, 6.45) is 3.10. The van der Waals surface area contributed by atoms with Crippen LogP contribution in [0.15, 0.2) is 12.1 Å². The lowest BCUT2D eigenvalue weighted by Gasteiger charge is -2.21. The zero-order valence-electron chi connectivity index (χ0n) is 12.7. The number of amides is 1. The fourth-order valence-corrected chi connectivity index (χ4v) is 2.81. The number of benzene rings is 1. The van der Waals surface area contributed by atoms with Gasteiger partial charge in [0.25, 0.3) is 0 Å². The van der Waals surface area contributed by atoms with Crippen molar-refractivity contribution in [2.45, 2.75) is 46.1 Å². The second-order valence-electron chi connectivity index (χ2n) is 5.77. The van der Waals surface area contributed by atoms with E-state index in [1.165, 1.54) is 5.56 Å². The Morgan fingerprint density at radius 3 is 2.95 bits per heavy atom. The average Bonchev–Trinajstić information content (AvgIpc) is 2.72. The van der Waals surface area contributed by atoms with Crippen molar-refractivity contribution in [1.82, 2.24) is 5.32 Å². The topological polar surface area (TPSA) is 58.4 Å². The highest BCUT2D eigenvalue weighted by Gasteiger charge is 2.22. The van der Waals surface area contributed by atoms with Crippen LogP contribution >= 0.6 is 0 Å². The zero-order valence-corrected chi connectivity index (χ0v) is 12.7. The summed E-state index contributed by atoms with van der Waals surface area (Å²) in [5.74, 6) is 0.0953. The van der Waals surface area contributed by atoms with Gasteiger partial charge in [0.2, 0.25) is 5.91 Å². The van der Waals surface area contributed by atoms with Gasteiger partial charge >= 0.3 is 0 Å². The first-order valence-electron chi connectivity index (χ1n) is 7.44. The smallest absolute Gasteiger partial charge is 0.239 e. The van der Waals surface area contributed by atoms with Gasteiger partial charge in [-0.15, -0.1) is 0 Å². The van der Waals surface area contributed by atoms with Crippen molar-refractivity contribution in [3.05, 3.63) is 23.3 Å². The maximum Gasteiger partial charge on any atom is 0.239 e. The van der Waals surface area contributed by atoms with Crippen LogP contribution in [-0.2, 0) is 11.2 Å². The monoisotopic (exact) mass is 275 g/mol. The van der Waals surface area contributed by atoms with E-state index >= 15 is 0 Å². The number of carbonyl (C=O) groups excluding carboxylic acids is 1. The van der Waals surface area contributed by atoms with Gasteiger partial charge in [-0.1, -0.05) is 19.4 Å². The molecule has 1 aromatic carbocycles. The highest BCUT2D eigenvalue weighted by molar-refractivity contribution is 5.83. The van der Waals surface area contributed by atoms with Gasteiger partial charge in [-0.25, -0.2) is 0 Å². The molecule has 20 heavy (non-hydrogen) atoms. The highest BCUT2D eigenvalue weighted by Crippen LogP contribution is 2.31. The highest BCUT2D eigenvalue weighted by atomic mass is 16.2. The number of carbonyl (C=O) groups is 1. The van der Waals surface area contributed by atoms with Crippen molar-refractivity contribution in [1.29, 1.82) is 0 Å². The van der Waals surface area contributed by atoms with E-state index in [4.69, 9.17) is 5.73 Å². The molecule has 2 rings (SSSR count). The molecule has 0 aromatic heterocycles. The van der Waals surface area contributed by atoms with Crippen molar-refractivity contribution in [3.8, 4) is 0 Å². The van der Waals surface area contributed by atoms with Crippen LogP contribution in [0.5, 0.6) is 0 Å². The molecule has 0 radical (unpaired) electrons. The van der Waals surface area contributed by atoms with Crippen LogP contribution in [-0.4, -0.2) is 25.0 Å². The lowest BCUT2D eigenvalue weighted by molar-refractivity contribution is -0.120. The van der Waals surface area contributed by atoms with Crippen molar-refractivity contribution < 1.29 is 4.79 Å². The summed E-state index contributed by atoms with van der Waals surface area (Å²) >= 11 is 0. The SMILES string of the molecule is CCCC(C)NC(=O)CN1CCc2cc(C)c(N)cc21. The van der Waals surface area contributed by atoms with Gasteiger partial charge in [0.15, 0.2) is 0 Å². The first-order chi connectivity index (χ1) is 9.51. The van der Waals surface area contributed by atoms with E-state index < -0.39 is 0 Å². The van der Waals surface area contributed by atoms with Crippen LogP contribution in [0.2, 0.25) is 0 Å². The number of nitrogens with one attached hydrogen (secondary N) is 1. The predicted octanol–water partition coefficient (Wildman–Crippen LogP) is 2.24. The summed E-state index contributed by atoms with van der Waals surface area (Å²) in [4.78, 5) is 14.2. The third-order valence-corrected chi connectivity index (χ3v) is 3.92. The average molecular weight is 275 g/mol. The van der Waals surface area contributed by atoms with Crippen LogP contribution in [0.1, 0.15) is 37.8 Å². The normalized spacial score (nSPS) is 15.1. The minimum absolute atomic E-state index is 0.0953. The second-order valence-corrected chi connectivity index (χ2v) is 5.77. The first-order valence-corrected chi connectivity index (χ1v) is 7.44. The third-order valence-electron chi connectivity index (χ3n) is 3.92. The van der Waals surface area contributed by atoms with Gasteiger partial charge in [-0.05, 0) is 43.9 Å². The number of anilines is 2. The molecule has 0 spiro atoms. The quantitative estimate of drug-likeness (QED) is 0.810. The maximum atomic E-state index is 12.1. The molecular weight excluding hydrogens is 250 g/mol. The number of hydrogen-bond acceptors (Lipinski definition) is 3.